The summed E-state index contributed by atoms with van der Waals surface area (Å²) >= 11 is 0. The van der Waals surface area contributed by atoms with Crippen molar-refractivity contribution in [2.75, 3.05) is 49.1 Å². The van der Waals surface area contributed by atoms with Gasteiger partial charge in [0.1, 0.15) is 5.82 Å². The van der Waals surface area contributed by atoms with Crippen LogP contribution in [0.15, 0.2) is 6.07 Å². The number of aromatic nitrogens is 2. The molecule has 0 amide bonds. The van der Waals surface area contributed by atoms with E-state index >= 15 is 0 Å². The third kappa shape index (κ3) is 5.22. The lowest BCUT2D eigenvalue weighted by Crippen LogP contribution is -2.46. The summed E-state index contributed by atoms with van der Waals surface area (Å²) in [4.78, 5) is 11.7. The van der Waals surface area contributed by atoms with Gasteiger partial charge in [0.25, 0.3) is 0 Å². The van der Waals surface area contributed by atoms with Crippen molar-refractivity contribution in [3.63, 3.8) is 0 Å². The van der Waals surface area contributed by atoms with Crippen LogP contribution in [0.2, 0.25) is 0 Å². The van der Waals surface area contributed by atoms with E-state index in [0.29, 0.717) is 39.3 Å². The minimum Gasteiger partial charge on any atom is -0.373 e. The van der Waals surface area contributed by atoms with Crippen molar-refractivity contribution < 1.29 is 17.9 Å². The van der Waals surface area contributed by atoms with Crippen LogP contribution in [0.1, 0.15) is 18.5 Å². The van der Waals surface area contributed by atoms with Crippen LogP contribution in [0.3, 0.4) is 0 Å². The van der Waals surface area contributed by atoms with Crippen molar-refractivity contribution in [3.8, 4) is 0 Å². The van der Waals surface area contributed by atoms with E-state index in [2.05, 4.69) is 9.97 Å². The number of ether oxygens (including phenoxy) is 1. The van der Waals surface area contributed by atoms with Crippen LogP contribution in [0.5, 0.6) is 0 Å². The largest absolute Gasteiger partial charge is 0.433 e. The van der Waals surface area contributed by atoms with Crippen molar-refractivity contribution in [2.45, 2.75) is 25.1 Å². The van der Waals surface area contributed by atoms with Crippen LogP contribution in [0.25, 0.3) is 0 Å². The summed E-state index contributed by atoms with van der Waals surface area (Å²) in [7, 11) is 0. The minimum absolute atomic E-state index is 0. The minimum atomic E-state index is -4.49. The van der Waals surface area contributed by atoms with E-state index in [-0.39, 0.29) is 42.7 Å². The number of rotatable bonds is 3. The number of nitrogens with zero attached hydrogens (tertiary/aromatic N) is 4. The highest BCUT2D eigenvalue weighted by molar-refractivity contribution is 5.85. The molecule has 0 radical (unpaired) electrons. The molecule has 3 heterocycles. The Balaban J connectivity index is 0.00000156. The second kappa shape index (κ2) is 9.07. The molecule has 25 heavy (non-hydrogen) atoms. The van der Waals surface area contributed by atoms with Crippen LogP contribution in [-0.2, 0) is 10.9 Å². The summed E-state index contributed by atoms with van der Waals surface area (Å²) in [5.74, 6) is 0.444. The Labute approximate surface area is 156 Å². The summed E-state index contributed by atoms with van der Waals surface area (Å²) in [6.07, 6.45) is -2.79. The van der Waals surface area contributed by atoms with Crippen molar-refractivity contribution in [1.29, 1.82) is 0 Å². The SMILES string of the molecule is Cl.Cl.NCC1CN(c2cc(C(F)(F)F)nc(N3CCCC3)n2)CCO1. The Morgan fingerprint density at radius 1 is 1.12 bits per heavy atom. The van der Waals surface area contributed by atoms with Crippen LogP contribution in [0, 0.1) is 0 Å². The van der Waals surface area contributed by atoms with Crippen LogP contribution in [-0.4, -0.2) is 55.4 Å². The molecule has 11 heteroatoms. The zero-order valence-electron chi connectivity index (χ0n) is 13.5. The van der Waals surface area contributed by atoms with Crippen molar-refractivity contribution in [2.24, 2.45) is 5.73 Å². The lowest BCUT2D eigenvalue weighted by Gasteiger charge is -2.33. The maximum atomic E-state index is 13.2. The van der Waals surface area contributed by atoms with Gasteiger partial charge in [-0.3, -0.25) is 0 Å². The monoisotopic (exact) mass is 403 g/mol. The topological polar surface area (TPSA) is 67.5 Å². The van der Waals surface area contributed by atoms with E-state index in [1.165, 1.54) is 0 Å². The summed E-state index contributed by atoms with van der Waals surface area (Å²) in [5, 5.41) is 0. The van der Waals surface area contributed by atoms with E-state index in [4.69, 9.17) is 10.5 Å². The molecule has 2 aliphatic heterocycles. The molecule has 1 atom stereocenters. The molecule has 1 unspecified atom stereocenters. The summed E-state index contributed by atoms with van der Waals surface area (Å²) < 4.78 is 45.0. The summed E-state index contributed by atoms with van der Waals surface area (Å²) in [6.45, 7) is 3.05. The number of halogens is 5. The maximum absolute atomic E-state index is 13.2. The zero-order valence-corrected chi connectivity index (χ0v) is 15.2. The normalized spacial score (nSPS) is 20.9. The van der Waals surface area contributed by atoms with Gasteiger partial charge in [-0.2, -0.15) is 18.2 Å². The van der Waals surface area contributed by atoms with Gasteiger partial charge >= 0.3 is 6.18 Å². The van der Waals surface area contributed by atoms with Gasteiger partial charge in [-0.1, -0.05) is 0 Å². The lowest BCUT2D eigenvalue weighted by molar-refractivity contribution is -0.141. The van der Waals surface area contributed by atoms with Gasteiger partial charge in [0.15, 0.2) is 5.69 Å². The third-order valence-corrected chi connectivity index (χ3v) is 4.11. The average molecular weight is 404 g/mol. The fourth-order valence-electron chi connectivity index (χ4n) is 2.86. The quantitative estimate of drug-likeness (QED) is 0.833. The first-order chi connectivity index (χ1) is 11.0. The Hall–Kier alpha value is -1.03. The maximum Gasteiger partial charge on any atom is 0.433 e. The molecular formula is C14H22Cl2F3N5O. The van der Waals surface area contributed by atoms with E-state index in [0.717, 1.165) is 18.9 Å². The molecule has 1 aromatic heterocycles. The first-order valence-corrected chi connectivity index (χ1v) is 7.75. The van der Waals surface area contributed by atoms with Crippen molar-refractivity contribution in [1.82, 2.24) is 9.97 Å². The first-order valence-electron chi connectivity index (χ1n) is 7.75. The molecule has 0 aliphatic carbocycles. The molecule has 0 spiro atoms. The van der Waals surface area contributed by atoms with Gasteiger partial charge in [0.2, 0.25) is 5.95 Å². The number of hydrogen-bond acceptors (Lipinski definition) is 6. The molecule has 6 nitrogen and oxygen atoms in total. The smallest absolute Gasteiger partial charge is 0.373 e. The van der Waals surface area contributed by atoms with Crippen LogP contribution >= 0.6 is 24.8 Å². The van der Waals surface area contributed by atoms with Crippen LogP contribution in [0.4, 0.5) is 24.9 Å². The highest BCUT2D eigenvalue weighted by atomic mass is 35.5. The van der Waals surface area contributed by atoms with E-state index < -0.39 is 11.9 Å². The summed E-state index contributed by atoms with van der Waals surface area (Å²) in [6, 6.07) is 1.01. The predicted molar refractivity (Wildman–Crippen MR) is 94.0 cm³/mol. The van der Waals surface area contributed by atoms with Gasteiger partial charge in [-0.25, -0.2) is 4.98 Å². The highest BCUT2D eigenvalue weighted by Gasteiger charge is 2.35. The number of morpholine rings is 1. The number of anilines is 2. The molecular weight excluding hydrogens is 382 g/mol. The molecule has 2 saturated heterocycles. The number of nitrogens with two attached hydrogens (primary N) is 1. The Morgan fingerprint density at radius 3 is 2.40 bits per heavy atom. The van der Waals surface area contributed by atoms with Crippen molar-refractivity contribution in [3.05, 3.63) is 11.8 Å². The fraction of sp³-hybridized carbons (Fsp3) is 0.714. The molecule has 0 bridgehead atoms. The van der Waals surface area contributed by atoms with E-state index in [1.807, 2.05) is 0 Å². The third-order valence-electron chi connectivity index (χ3n) is 4.11. The van der Waals surface area contributed by atoms with Crippen molar-refractivity contribution >= 4 is 36.6 Å². The highest BCUT2D eigenvalue weighted by Crippen LogP contribution is 2.32. The summed E-state index contributed by atoms with van der Waals surface area (Å²) in [5.41, 5.74) is 4.70. The second-order valence-electron chi connectivity index (χ2n) is 5.78. The number of hydrogen-bond donors (Lipinski definition) is 1. The predicted octanol–water partition coefficient (Wildman–Crippen LogP) is 2.10. The average Bonchev–Trinajstić information content (AvgIpc) is 3.08. The fourth-order valence-corrected chi connectivity index (χ4v) is 2.86. The molecule has 3 rings (SSSR count). The second-order valence-corrected chi connectivity index (χ2v) is 5.78. The van der Waals surface area contributed by atoms with Gasteiger partial charge in [0.05, 0.1) is 12.7 Å². The molecule has 2 fully saturated rings. The molecule has 0 saturated carbocycles. The zero-order chi connectivity index (χ0) is 16.4. The first kappa shape index (κ1) is 22.0. The Kier molecular flexibility index (Phi) is 7.98. The standard InChI is InChI=1S/C14H20F3N5O.2ClH/c15-14(16,17)11-7-12(22-5-6-23-10(8-18)9-22)20-13(19-11)21-3-1-2-4-21;;/h7,10H,1-6,8-9,18H2;2*1H. The molecule has 144 valence electrons. The molecule has 0 aromatic carbocycles. The molecule has 1 aromatic rings. The molecule has 2 N–H and O–H groups in total. The lowest BCUT2D eigenvalue weighted by atomic mass is 10.2. The Morgan fingerprint density at radius 2 is 1.80 bits per heavy atom. The van der Waals surface area contributed by atoms with E-state index in [9.17, 15) is 13.2 Å². The van der Waals surface area contributed by atoms with Crippen LogP contribution < -0.4 is 15.5 Å². The van der Waals surface area contributed by atoms with Gasteiger partial charge in [-0.05, 0) is 12.8 Å². The van der Waals surface area contributed by atoms with Gasteiger partial charge in [0, 0.05) is 38.8 Å². The van der Waals surface area contributed by atoms with Gasteiger partial charge in [-0.15, -0.1) is 24.8 Å². The van der Waals surface area contributed by atoms with E-state index in [1.54, 1.807) is 9.80 Å². The number of alkyl halides is 3. The Bertz CT molecular complexity index is 558. The van der Waals surface area contributed by atoms with Gasteiger partial charge < -0.3 is 20.3 Å². The molecule has 2 aliphatic rings.